The third-order valence-corrected chi connectivity index (χ3v) is 7.15. The Hall–Kier alpha value is -1.53. The highest BCUT2D eigenvalue weighted by molar-refractivity contribution is 8.00. The minimum atomic E-state index is 0.0649. The van der Waals surface area contributed by atoms with Crippen molar-refractivity contribution in [3.63, 3.8) is 0 Å². The predicted octanol–water partition coefficient (Wildman–Crippen LogP) is 3.89. The van der Waals surface area contributed by atoms with Crippen LogP contribution in [0.5, 0.6) is 0 Å². The van der Waals surface area contributed by atoms with Crippen molar-refractivity contribution in [2.24, 2.45) is 11.8 Å². The molecular formula is C24H37N3O2S. The fourth-order valence-electron chi connectivity index (χ4n) is 4.43. The van der Waals surface area contributed by atoms with Gasteiger partial charge < -0.3 is 10.2 Å². The Morgan fingerprint density at radius 3 is 2.47 bits per heavy atom. The molecular weight excluding hydrogens is 394 g/mol. The molecule has 3 rings (SSSR count). The Labute approximate surface area is 186 Å². The van der Waals surface area contributed by atoms with Gasteiger partial charge in [-0.15, -0.1) is 11.8 Å². The van der Waals surface area contributed by atoms with Gasteiger partial charge in [-0.3, -0.25) is 14.5 Å². The molecule has 2 fully saturated rings. The maximum Gasteiger partial charge on any atom is 0.255 e. The molecule has 1 heterocycles. The van der Waals surface area contributed by atoms with Crippen LogP contribution in [0.4, 0.5) is 0 Å². The first-order valence-electron chi connectivity index (χ1n) is 11.5. The van der Waals surface area contributed by atoms with Gasteiger partial charge in [-0.2, -0.15) is 0 Å². The molecule has 2 aliphatic rings. The second-order valence-electron chi connectivity index (χ2n) is 9.08. The summed E-state index contributed by atoms with van der Waals surface area (Å²) >= 11 is 1.47. The van der Waals surface area contributed by atoms with Gasteiger partial charge in [-0.25, -0.2) is 0 Å². The molecule has 6 heteroatoms. The molecule has 1 aliphatic carbocycles. The molecule has 0 radical (unpaired) electrons. The minimum absolute atomic E-state index is 0.0649. The highest BCUT2D eigenvalue weighted by atomic mass is 32.2. The lowest BCUT2D eigenvalue weighted by Crippen LogP contribution is -2.49. The van der Waals surface area contributed by atoms with Crippen LogP contribution in [0.2, 0.25) is 0 Å². The van der Waals surface area contributed by atoms with E-state index in [1.807, 2.05) is 29.2 Å². The lowest BCUT2D eigenvalue weighted by Gasteiger charge is -2.35. The quantitative estimate of drug-likeness (QED) is 0.635. The van der Waals surface area contributed by atoms with E-state index in [2.05, 4.69) is 24.1 Å². The number of hydrogen-bond donors (Lipinski definition) is 1. The largest absolute Gasteiger partial charge is 0.355 e. The summed E-state index contributed by atoms with van der Waals surface area (Å²) in [7, 11) is 0. The molecule has 1 saturated heterocycles. The summed E-state index contributed by atoms with van der Waals surface area (Å²) < 4.78 is 0. The Kier molecular flexibility index (Phi) is 9.06. The van der Waals surface area contributed by atoms with E-state index in [4.69, 9.17) is 0 Å². The predicted molar refractivity (Wildman–Crippen MR) is 124 cm³/mol. The second-order valence-corrected chi connectivity index (χ2v) is 10.1. The van der Waals surface area contributed by atoms with Crippen LogP contribution in [0.15, 0.2) is 29.2 Å². The third kappa shape index (κ3) is 7.02. The minimum Gasteiger partial charge on any atom is -0.355 e. The normalized spacial score (nSPS) is 18.6. The summed E-state index contributed by atoms with van der Waals surface area (Å²) in [4.78, 5) is 30.7. The number of carbonyl (C=O) groups excluding carboxylic acids is 2. The number of rotatable bonds is 8. The Bertz CT molecular complexity index is 695. The number of piperazine rings is 1. The number of carbonyl (C=O) groups is 2. The molecule has 1 N–H and O–H groups in total. The molecule has 1 aliphatic heterocycles. The van der Waals surface area contributed by atoms with E-state index in [-0.39, 0.29) is 11.8 Å². The van der Waals surface area contributed by atoms with Gasteiger partial charge in [0.15, 0.2) is 0 Å². The highest BCUT2D eigenvalue weighted by Gasteiger charge is 2.24. The van der Waals surface area contributed by atoms with Gasteiger partial charge in [-0.05, 0) is 36.8 Å². The van der Waals surface area contributed by atoms with Gasteiger partial charge >= 0.3 is 0 Å². The summed E-state index contributed by atoms with van der Waals surface area (Å²) in [5, 5.41) is 3.09. The lowest BCUT2D eigenvalue weighted by atomic mass is 9.89. The van der Waals surface area contributed by atoms with Crippen molar-refractivity contribution >= 4 is 23.6 Å². The SMILES string of the molecule is CC(C)CN1CCN(C(=O)c2ccccc2SCC(=O)NCC2CCCCC2)CC1. The number of amides is 2. The number of benzene rings is 1. The fraction of sp³-hybridized carbons (Fsp3) is 0.667. The summed E-state index contributed by atoms with van der Waals surface area (Å²) in [6.45, 7) is 9.75. The van der Waals surface area contributed by atoms with Crippen LogP contribution in [0.25, 0.3) is 0 Å². The first kappa shape index (κ1) is 23.1. The zero-order valence-corrected chi connectivity index (χ0v) is 19.4. The number of thioether (sulfide) groups is 1. The third-order valence-electron chi connectivity index (χ3n) is 6.07. The van der Waals surface area contributed by atoms with Gasteiger partial charge in [0.25, 0.3) is 5.91 Å². The van der Waals surface area contributed by atoms with Crippen molar-refractivity contribution in [2.45, 2.75) is 50.8 Å². The first-order valence-corrected chi connectivity index (χ1v) is 12.5. The maximum atomic E-state index is 13.1. The average molecular weight is 432 g/mol. The van der Waals surface area contributed by atoms with Crippen LogP contribution in [-0.2, 0) is 4.79 Å². The molecule has 0 atom stereocenters. The van der Waals surface area contributed by atoms with E-state index < -0.39 is 0 Å². The molecule has 0 spiro atoms. The number of nitrogens with one attached hydrogen (secondary N) is 1. The van der Waals surface area contributed by atoms with Crippen LogP contribution in [0, 0.1) is 11.8 Å². The van der Waals surface area contributed by atoms with Crippen LogP contribution >= 0.6 is 11.8 Å². The fourth-order valence-corrected chi connectivity index (χ4v) is 5.31. The van der Waals surface area contributed by atoms with Gasteiger partial charge in [0.05, 0.1) is 11.3 Å². The van der Waals surface area contributed by atoms with E-state index >= 15 is 0 Å². The Balaban J connectivity index is 1.49. The second kappa shape index (κ2) is 11.8. The standard InChI is InChI=1S/C24H37N3O2S/c1-19(2)17-26-12-14-27(15-13-26)24(29)21-10-6-7-11-22(21)30-18-23(28)25-16-20-8-4-3-5-9-20/h6-7,10-11,19-20H,3-5,8-9,12-18H2,1-2H3,(H,25,28). The van der Waals surface area contributed by atoms with E-state index in [0.717, 1.165) is 49.7 Å². The Morgan fingerprint density at radius 2 is 1.77 bits per heavy atom. The van der Waals surface area contributed by atoms with Crippen LogP contribution in [0.3, 0.4) is 0 Å². The summed E-state index contributed by atoms with van der Waals surface area (Å²) in [6.07, 6.45) is 6.37. The molecule has 0 aromatic heterocycles. The molecule has 1 saturated carbocycles. The van der Waals surface area contributed by atoms with E-state index in [0.29, 0.717) is 17.6 Å². The Morgan fingerprint density at radius 1 is 1.07 bits per heavy atom. The topological polar surface area (TPSA) is 52.7 Å². The summed E-state index contributed by atoms with van der Waals surface area (Å²) in [5.74, 6) is 1.80. The van der Waals surface area contributed by atoms with E-state index in [9.17, 15) is 9.59 Å². The monoisotopic (exact) mass is 431 g/mol. The van der Waals surface area contributed by atoms with Gasteiger partial charge in [0, 0.05) is 44.2 Å². The molecule has 0 bridgehead atoms. The maximum absolute atomic E-state index is 13.1. The molecule has 166 valence electrons. The van der Waals surface area contributed by atoms with Crippen molar-refractivity contribution in [3.8, 4) is 0 Å². The van der Waals surface area contributed by atoms with Crippen molar-refractivity contribution in [1.29, 1.82) is 0 Å². The number of nitrogens with zero attached hydrogens (tertiary/aromatic N) is 2. The highest BCUT2D eigenvalue weighted by Crippen LogP contribution is 2.25. The van der Waals surface area contributed by atoms with Gasteiger partial charge in [-0.1, -0.05) is 45.2 Å². The van der Waals surface area contributed by atoms with Gasteiger partial charge in [0.2, 0.25) is 5.91 Å². The molecule has 0 unspecified atom stereocenters. The first-order chi connectivity index (χ1) is 14.5. The molecule has 2 amide bonds. The zero-order chi connectivity index (χ0) is 21.3. The zero-order valence-electron chi connectivity index (χ0n) is 18.6. The number of hydrogen-bond acceptors (Lipinski definition) is 4. The summed E-state index contributed by atoms with van der Waals surface area (Å²) in [5.41, 5.74) is 0.722. The van der Waals surface area contributed by atoms with E-state index in [1.165, 1.54) is 43.9 Å². The van der Waals surface area contributed by atoms with Crippen molar-refractivity contribution in [1.82, 2.24) is 15.1 Å². The van der Waals surface area contributed by atoms with Gasteiger partial charge in [0.1, 0.15) is 0 Å². The molecule has 30 heavy (non-hydrogen) atoms. The van der Waals surface area contributed by atoms with Crippen molar-refractivity contribution < 1.29 is 9.59 Å². The van der Waals surface area contributed by atoms with Crippen molar-refractivity contribution in [2.75, 3.05) is 45.0 Å². The molecule has 1 aromatic rings. The lowest BCUT2D eigenvalue weighted by molar-refractivity contribution is -0.118. The average Bonchev–Trinajstić information content (AvgIpc) is 2.77. The summed E-state index contributed by atoms with van der Waals surface area (Å²) in [6, 6.07) is 7.71. The molecule has 1 aromatic carbocycles. The van der Waals surface area contributed by atoms with Crippen LogP contribution in [-0.4, -0.2) is 66.6 Å². The van der Waals surface area contributed by atoms with Crippen LogP contribution in [0.1, 0.15) is 56.3 Å². The van der Waals surface area contributed by atoms with Crippen LogP contribution < -0.4 is 5.32 Å². The van der Waals surface area contributed by atoms with E-state index in [1.54, 1.807) is 0 Å². The molecule has 5 nitrogen and oxygen atoms in total. The smallest absolute Gasteiger partial charge is 0.255 e. The van der Waals surface area contributed by atoms with Crippen molar-refractivity contribution in [3.05, 3.63) is 29.8 Å².